The Morgan fingerprint density at radius 3 is 2.57 bits per heavy atom. The molecule has 0 saturated heterocycles. The largest absolute Gasteiger partial charge is 0.490 e. The first-order valence-corrected chi connectivity index (χ1v) is 8.25. The van der Waals surface area contributed by atoms with E-state index in [0.29, 0.717) is 6.54 Å². The lowest BCUT2D eigenvalue weighted by atomic mass is 10.0. The van der Waals surface area contributed by atoms with Gasteiger partial charge in [-0.2, -0.15) is 0 Å². The van der Waals surface area contributed by atoms with E-state index < -0.39 is 6.10 Å². The van der Waals surface area contributed by atoms with Gasteiger partial charge in [0.2, 0.25) is 0 Å². The van der Waals surface area contributed by atoms with E-state index in [1.807, 2.05) is 36.4 Å². The number of benzene rings is 2. The summed E-state index contributed by atoms with van der Waals surface area (Å²) in [5, 5.41) is 19.7. The second-order valence-corrected chi connectivity index (χ2v) is 5.70. The van der Waals surface area contributed by atoms with Crippen LogP contribution in [0.5, 0.6) is 5.75 Å². The fraction of sp³-hybridized carbons (Fsp3) is 0.421. The first-order chi connectivity index (χ1) is 11.2. The predicted octanol–water partition coefficient (Wildman–Crippen LogP) is 3.31. The number of fused-ring (bicyclic) bond motifs is 1. The van der Waals surface area contributed by atoms with Gasteiger partial charge in [-0.15, -0.1) is 0 Å². The standard InChI is InChI=1S/C19H26N2O2/c1-3-11-21(4-2)13-16(22)14-23-19-10-9-15(12-20)17-7-5-6-8-18(17)19/h5-10,12,16,20,22H,3-4,11,13-14H2,1-2H3. The van der Waals surface area contributed by atoms with Crippen molar-refractivity contribution < 1.29 is 9.84 Å². The van der Waals surface area contributed by atoms with E-state index >= 15 is 0 Å². The Hall–Kier alpha value is -1.91. The third-order valence-electron chi connectivity index (χ3n) is 3.96. The van der Waals surface area contributed by atoms with Gasteiger partial charge in [0.25, 0.3) is 0 Å². The van der Waals surface area contributed by atoms with Crippen molar-refractivity contribution >= 4 is 17.0 Å². The molecule has 4 heteroatoms. The summed E-state index contributed by atoms with van der Waals surface area (Å²) in [5.74, 6) is 0.754. The molecule has 1 atom stereocenters. The summed E-state index contributed by atoms with van der Waals surface area (Å²) in [6.45, 7) is 7.07. The second kappa shape index (κ2) is 8.65. The molecule has 1 unspecified atom stereocenters. The molecule has 4 nitrogen and oxygen atoms in total. The van der Waals surface area contributed by atoms with E-state index in [-0.39, 0.29) is 6.61 Å². The normalized spacial score (nSPS) is 12.5. The lowest BCUT2D eigenvalue weighted by Gasteiger charge is -2.23. The van der Waals surface area contributed by atoms with Crippen molar-refractivity contribution in [1.29, 1.82) is 5.41 Å². The Morgan fingerprint density at radius 1 is 1.17 bits per heavy atom. The monoisotopic (exact) mass is 314 g/mol. The van der Waals surface area contributed by atoms with Crippen molar-refractivity contribution in [2.75, 3.05) is 26.2 Å². The third kappa shape index (κ3) is 4.53. The van der Waals surface area contributed by atoms with Gasteiger partial charge in [0.15, 0.2) is 0 Å². The van der Waals surface area contributed by atoms with Gasteiger partial charge in [0, 0.05) is 23.7 Å². The molecular formula is C19H26N2O2. The molecule has 0 radical (unpaired) electrons. The summed E-state index contributed by atoms with van der Waals surface area (Å²) in [7, 11) is 0. The van der Waals surface area contributed by atoms with Crippen LogP contribution in [0.3, 0.4) is 0 Å². The Balaban J connectivity index is 2.06. The van der Waals surface area contributed by atoms with E-state index in [2.05, 4.69) is 18.7 Å². The number of rotatable bonds is 9. The summed E-state index contributed by atoms with van der Waals surface area (Å²) in [4.78, 5) is 2.23. The number of nitrogens with zero attached hydrogens (tertiary/aromatic N) is 1. The number of ether oxygens (including phenoxy) is 1. The summed E-state index contributed by atoms with van der Waals surface area (Å²) in [5.41, 5.74) is 0.869. The summed E-state index contributed by atoms with van der Waals surface area (Å²) in [6, 6.07) is 11.6. The fourth-order valence-electron chi connectivity index (χ4n) is 2.78. The predicted molar refractivity (Wildman–Crippen MR) is 95.7 cm³/mol. The van der Waals surface area contributed by atoms with Crippen LogP contribution in [0, 0.1) is 5.41 Å². The van der Waals surface area contributed by atoms with Crippen LogP contribution < -0.4 is 4.74 Å². The first kappa shape index (κ1) is 17.4. The molecule has 124 valence electrons. The summed E-state index contributed by atoms with van der Waals surface area (Å²) < 4.78 is 5.85. The molecule has 0 aliphatic rings. The summed E-state index contributed by atoms with van der Waals surface area (Å²) in [6.07, 6.45) is 1.92. The van der Waals surface area contributed by atoms with Gasteiger partial charge in [-0.1, -0.05) is 38.1 Å². The molecule has 2 rings (SSSR count). The van der Waals surface area contributed by atoms with Crippen molar-refractivity contribution in [2.45, 2.75) is 26.4 Å². The van der Waals surface area contributed by atoms with Crippen molar-refractivity contribution in [2.24, 2.45) is 0 Å². The van der Waals surface area contributed by atoms with Crippen LogP contribution in [0.2, 0.25) is 0 Å². The van der Waals surface area contributed by atoms with Crippen LogP contribution in [0.25, 0.3) is 10.8 Å². The number of aliphatic hydroxyl groups is 1. The van der Waals surface area contributed by atoms with Crippen LogP contribution in [0.15, 0.2) is 36.4 Å². The van der Waals surface area contributed by atoms with Crippen LogP contribution in [-0.2, 0) is 0 Å². The molecule has 2 N–H and O–H groups in total. The van der Waals surface area contributed by atoms with Gasteiger partial charge < -0.3 is 20.2 Å². The topological polar surface area (TPSA) is 56.6 Å². The molecule has 0 aliphatic heterocycles. The number of hydrogen-bond acceptors (Lipinski definition) is 4. The zero-order valence-electron chi connectivity index (χ0n) is 14.0. The Morgan fingerprint density at radius 2 is 1.91 bits per heavy atom. The fourth-order valence-corrected chi connectivity index (χ4v) is 2.78. The zero-order valence-corrected chi connectivity index (χ0v) is 14.0. The number of hydrogen-bond donors (Lipinski definition) is 2. The maximum absolute atomic E-state index is 10.2. The molecule has 0 aliphatic carbocycles. The van der Waals surface area contributed by atoms with Crippen LogP contribution in [-0.4, -0.2) is 48.6 Å². The molecule has 2 aromatic rings. The van der Waals surface area contributed by atoms with E-state index in [1.54, 1.807) is 0 Å². The van der Waals surface area contributed by atoms with Crippen LogP contribution in [0.4, 0.5) is 0 Å². The molecule has 0 heterocycles. The average molecular weight is 314 g/mol. The van der Waals surface area contributed by atoms with Crippen molar-refractivity contribution in [3.05, 3.63) is 42.0 Å². The molecule has 0 bridgehead atoms. The van der Waals surface area contributed by atoms with Crippen LogP contribution >= 0.6 is 0 Å². The molecule has 0 aromatic heterocycles. The second-order valence-electron chi connectivity index (χ2n) is 5.70. The molecule has 0 spiro atoms. The Bertz CT molecular complexity index is 642. The minimum atomic E-state index is -0.511. The molecule has 23 heavy (non-hydrogen) atoms. The molecule has 0 fully saturated rings. The first-order valence-electron chi connectivity index (χ1n) is 8.25. The lowest BCUT2D eigenvalue weighted by Crippen LogP contribution is -2.36. The Kier molecular flexibility index (Phi) is 6.56. The third-order valence-corrected chi connectivity index (χ3v) is 3.96. The highest BCUT2D eigenvalue weighted by Crippen LogP contribution is 2.27. The number of aliphatic hydroxyl groups excluding tert-OH is 1. The van der Waals surface area contributed by atoms with Gasteiger partial charge in [0.1, 0.15) is 18.5 Å². The summed E-state index contributed by atoms with van der Waals surface area (Å²) >= 11 is 0. The quantitative estimate of drug-likeness (QED) is 0.698. The average Bonchev–Trinajstić information content (AvgIpc) is 2.59. The maximum atomic E-state index is 10.2. The maximum Gasteiger partial charge on any atom is 0.127 e. The highest BCUT2D eigenvalue weighted by atomic mass is 16.5. The van der Waals surface area contributed by atoms with Crippen molar-refractivity contribution in [3.63, 3.8) is 0 Å². The molecular weight excluding hydrogens is 288 g/mol. The minimum absolute atomic E-state index is 0.272. The van der Waals surface area contributed by atoms with Gasteiger partial charge in [-0.05, 0) is 37.0 Å². The Labute approximate surface area is 138 Å². The highest BCUT2D eigenvalue weighted by Gasteiger charge is 2.12. The SMILES string of the molecule is CCCN(CC)CC(O)COc1ccc(C=N)c2ccccc12. The molecule has 0 saturated carbocycles. The number of likely N-dealkylation sites (N-methyl/N-ethyl adjacent to an activating group) is 1. The van der Waals surface area contributed by atoms with Crippen molar-refractivity contribution in [3.8, 4) is 5.75 Å². The van der Waals surface area contributed by atoms with Gasteiger partial charge in [0.05, 0.1) is 0 Å². The zero-order chi connectivity index (χ0) is 16.7. The van der Waals surface area contributed by atoms with Gasteiger partial charge in [-0.3, -0.25) is 0 Å². The lowest BCUT2D eigenvalue weighted by molar-refractivity contribution is 0.0705. The van der Waals surface area contributed by atoms with E-state index in [9.17, 15) is 5.11 Å². The van der Waals surface area contributed by atoms with Crippen molar-refractivity contribution in [1.82, 2.24) is 4.90 Å². The highest BCUT2D eigenvalue weighted by molar-refractivity contribution is 6.01. The smallest absolute Gasteiger partial charge is 0.127 e. The number of nitrogens with one attached hydrogen (secondary N) is 1. The van der Waals surface area contributed by atoms with E-state index in [1.165, 1.54) is 6.21 Å². The van der Waals surface area contributed by atoms with E-state index in [4.69, 9.17) is 10.1 Å². The molecule has 0 amide bonds. The minimum Gasteiger partial charge on any atom is -0.490 e. The van der Waals surface area contributed by atoms with Crippen LogP contribution in [0.1, 0.15) is 25.8 Å². The van der Waals surface area contributed by atoms with Gasteiger partial charge >= 0.3 is 0 Å². The van der Waals surface area contributed by atoms with Gasteiger partial charge in [-0.25, -0.2) is 0 Å². The molecule has 2 aromatic carbocycles. The van der Waals surface area contributed by atoms with E-state index in [0.717, 1.165) is 41.6 Å².